The van der Waals surface area contributed by atoms with E-state index in [4.69, 9.17) is 9.84 Å². The number of Topliss-reactive ketones (excluding diaryl/α,β-unsaturated/α-hetero) is 1. The second-order valence-electron chi connectivity index (χ2n) is 8.39. The second-order valence-corrected chi connectivity index (χ2v) is 8.39. The number of alkyl halides is 4. The number of carboxylic acids is 1. The van der Waals surface area contributed by atoms with Gasteiger partial charge < -0.3 is 15.2 Å². The number of aromatic nitrogens is 1. The van der Waals surface area contributed by atoms with Crippen LogP contribution in [0.15, 0.2) is 42.5 Å². The Kier molecular flexibility index (Phi) is 7.65. The number of fused-ring (bicyclic) bond motifs is 3. The molecule has 1 amide bonds. The molecular formula is C24H22F4N2O6. The van der Waals surface area contributed by atoms with Crippen LogP contribution in [-0.4, -0.2) is 52.2 Å². The summed E-state index contributed by atoms with van der Waals surface area (Å²) < 4.78 is 59.2. The lowest BCUT2D eigenvalue weighted by Crippen LogP contribution is -2.49. The largest absolute Gasteiger partial charge is 0.481 e. The first-order valence-electron chi connectivity index (χ1n) is 10.8. The number of ketones is 1. The molecule has 0 aliphatic carbocycles. The number of halogens is 4. The van der Waals surface area contributed by atoms with Crippen LogP contribution in [0.25, 0.3) is 21.8 Å². The molecule has 2 N–H and O–H groups in total. The summed E-state index contributed by atoms with van der Waals surface area (Å²) in [5.74, 6) is -4.39. The van der Waals surface area contributed by atoms with Gasteiger partial charge in [0.15, 0.2) is 11.9 Å². The third kappa shape index (κ3) is 5.47. The summed E-state index contributed by atoms with van der Waals surface area (Å²) in [6, 6.07) is 7.55. The van der Waals surface area contributed by atoms with E-state index < -0.39 is 66.7 Å². The number of ether oxygens (including phenoxy) is 1. The Morgan fingerprint density at radius 2 is 1.67 bits per heavy atom. The lowest BCUT2D eigenvalue weighted by molar-refractivity contribution is -0.141. The van der Waals surface area contributed by atoms with Crippen molar-refractivity contribution in [3.8, 4) is 0 Å². The summed E-state index contributed by atoms with van der Waals surface area (Å²) in [6.45, 7) is 1.47. The van der Waals surface area contributed by atoms with Crippen LogP contribution in [0.3, 0.4) is 0 Å². The molecule has 0 radical (unpaired) electrons. The lowest BCUT2D eigenvalue weighted by Gasteiger charge is -2.23. The average molecular weight is 510 g/mol. The van der Waals surface area contributed by atoms with Crippen LogP contribution >= 0.6 is 0 Å². The number of rotatable bonds is 8. The Hall–Kier alpha value is -3.96. The van der Waals surface area contributed by atoms with Gasteiger partial charge in [-0.2, -0.15) is 13.2 Å². The predicted molar refractivity (Wildman–Crippen MR) is 120 cm³/mol. The van der Waals surface area contributed by atoms with Gasteiger partial charge in [0.05, 0.1) is 23.0 Å². The Balaban J connectivity index is 2.01. The maximum absolute atomic E-state index is 13.4. The van der Waals surface area contributed by atoms with Crippen LogP contribution in [0.2, 0.25) is 0 Å². The Morgan fingerprint density at radius 3 is 2.25 bits per heavy atom. The summed E-state index contributed by atoms with van der Waals surface area (Å²) >= 11 is 0. The molecule has 0 saturated carbocycles. The van der Waals surface area contributed by atoms with Crippen LogP contribution in [0.5, 0.6) is 0 Å². The number of carbonyl (C=O) groups excluding carboxylic acids is 3. The van der Waals surface area contributed by atoms with Crippen LogP contribution in [-0.2, 0) is 25.3 Å². The fourth-order valence-corrected chi connectivity index (χ4v) is 3.76. The molecule has 1 heterocycles. The molecule has 1 aromatic heterocycles. The lowest BCUT2D eigenvalue weighted by atomic mass is 10.0. The van der Waals surface area contributed by atoms with Gasteiger partial charge in [0.25, 0.3) is 5.91 Å². The first-order chi connectivity index (χ1) is 16.8. The van der Waals surface area contributed by atoms with Crippen LogP contribution in [0, 0.1) is 5.92 Å². The van der Waals surface area contributed by atoms with E-state index >= 15 is 0 Å². The van der Waals surface area contributed by atoms with Gasteiger partial charge in [0.2, 0.25) is 0 Å². The Morgan fingerprint density at radius 1 is 1.03 bits per heavy atom. The van der Waals surface area contributed by atoms with Gasteiger partial charge in [-0.05, 0) is 24.1 Å². The topological polar surface area (TPSA) is 115 Å². The molecule has 3 rings (SSSR count). The number of nitrogens with one attached hydrogen (secondary N) is 1. The molecule has 36 heavy (non-hydrogen) atoms. The van der Waals surface area contributed by atoms with Crippen molar-refractivity contribution in [3.63, 3.8) is 0 Å². The number of hydrogen-bond acceptors (Lipinski definition) is 5. The summed E-state index contributed by atoms with van der Waals surface area (Å²) in [5, 5.41) is 11.9. The molecule has 3 aromatic rings. The molecule has 0 aliphatic heterocycles. The molecule has 2 atom stereocenters. The minimum absolute atomic E-state index is 0.102. The highest BCUT2D eigenvalue weighted by Gasteiger charge is 2.34. The molecule has 0 fully saturated rings. The van der Waals surface area contributed by atoms with Crippen molar-refractivity contribution in [3.05, 3.63) is 48.0 Å². The van der Waals surface area contributed by atoms with Gasteiger partial charge in [0, 0.05) is 10.8 Å². The standard InChI is InChI=1S/C24H22F4N2O6/c1-12(2)21(22(34)29-16(10-20(32)33)19(31)11-25)36-23(35)30-17-6-4-3-5-14(17)15-8-7-13(9-18(15)30)24(26,27)28/h3-9,12,16,21H,10-11H2,1-2H3,(H,29,34)(H,32,33). The van der Waals surface area contributed by atoms with Crippen LogP contribution in [0.4, 0.5) is 22.4 Å². The number of amides is 1. The van der Waals surface area contributed by atoms with Crippen molar-refractivity contribution in [1.82, 2.24) is 9.88 Å². The van der Waals surface area contributed by atoms with Crippen molar-refractivity contribution in [1.29, 1.82) is 0 Å². The molecule has 0 saturated heterocycles. The van der Waals surface area contributed by atoms with Crippen LogP contribution in [0.1, 0.15) is 25.8 Å². The highest BCUT2D eigenvalue weighted by molar-refractivity contribution is 6.12. The van der Waals surface area contributed by atoms with E-state index in [9.17, 15) is 36.7 Å². The van der Waals surface area contributed by atoms with Gasteiger partial charge in [-0.3, -0.25) is 14.4 Å². The summed E-state index contributed by atoms with van der Waals surface area (Å²) in [6.07, 6.45) is -8.30. The van der Waals surface area contributed by atoms with E-state index in [1.807, 2.05) is 0 Å². The Bertz CT molecular complexity index is 1330. The fourth-order valence-electron chi connectivity index (χ4n) is 3.76. The molecule has 2 unspecified atom stereocenters. The van der Waals surface area contributed by atoms with Crippen molar-refractivity contribution in [2.24, 2.45) is 5.92 Å². The maximum atomic E-state index is 13.4. The number of carboxylic acid groups (broad SMARTS) is 1. The molecule has 192 valence electrons. The van der Waals surface area contributed by atoms with E-state index in [0.717, 1.165) is 16.7 Å². The monoisotopic (exact) mass is 510 g/mol. The first-order valence-corrected chi connectivity index (χ1v) is 10.8. The van der Waals surface area contributed by atoms with E-state index in [0.29, 0.717) is 10.8 Å². The maximum Gasteiger partial charge on any atom is 0.419 e. The van der Waals surface area contributed by atoms with E-state index in [1.54, 1.807) is 18.2 Å². The number of carbonyl (C=O) groups is 4. The van der Waals surface area contributed by atoms with Crippen molar-refractivity contribution >= 4 is 45.6 Å². The third-order valence-electron chi connectivity index (χ3n) is 5.49. The zero-order valence-electron chi connectivity index (χ0n) is 19.1. The zero-order chi connectivity index (χ0) is 26.8. The molecule has 8 nitrogen and oxygen atoms in total. The molecule has 12 heteroatoms. The normalized spacial score (nSPS) is 13.5. The fraction of sp³-hybridized carbons (Fsp3) is 0.333. The van der Waals surface area contributed by atoms with E-state index in [2.05, 4.69) is 5.32 Å². The van der Waals surface area contributed by atoms with Crippen molar-refractivity contribution < 1.29 is 46.6 Å². The molecule has 0 aliphatic rings. The minimum Gasteiger partial charge on any atom is -0.481 e. The highest BCUT2D eigenvalue weighted by Crippen LogP contribution is 2.35. The Labute approximate surface area is 201 Å². The smallest absolute Gasteiger partial charge is 0.419 e. The van der Waals surface area contributed by atoms with Crippen LogP contribution < -0.4 is 5.32 Å². The minimum atomic E-state index is -4.68. The van der Waals surface area contributed by atoms with Gasteiger partial charge >= 0.3 is 18.2 Å². The molecular weight excluding hydrogens is 488 g/mol. The van der Waals surface area contributed by atoms with Gasteiger partial charge in [0.1, 0.15) is 12.7 Å². The van der Waals surface area contributed by atoms with Crippen molar-refractivity contribution in [2.45, 2.75) is 38.6 Å². The summed E-state index contributed by atoms with van der Waals surface area (Å²) in [7, 11) is 0. The van der Waals surface area contributed by atoms with Gasteiger partial charge in [-0.1, -0.05) is 38.1 Å². The van der Waals surface area contributed by atoms with E-state index in [-0.39, 0.29) is 11.0 Å². The summed E-state index contributed by atoms with van der Waals surface area (Å²) in [5.41, 5.74) is -0.863. The number of aliphatic carboxylic acids is 1. The number of benzene rings is 2. The second kappa shape index (κ2) is 10.3. The highest BCUT2D eigenvalue weighted by atomic mass is 19.4. The molecule has 0 spiro atoms. The average Bonchev–Trinajstić information content (AvgIpc) is 3.14. The van der Waals surface area contributed by atoms with Gasteiger partial charge in [-0.15, -0.1) is 0 Å². The SMILES string of the molecule is CC(C)C(OC(=O)n1c2ccccc2c2ccc(C(F)(F)F)cc21)C(=O)NC(CC(=O)O)C(=O)CF. The van der Waals surface area contributed by atoms with Crippen molar-refractivity contribution in [2.75, 3.05) is 6.67 Å². The van der Waals surface area contributed by atoms with E-state index in [1.165, 1.54) is 26.0 Å². The zero-order valence-corrected chi connectivity index (χ0v) is 19.1. The third-order valence-corrected chi connectivity index (χ3v) is 5.49. The summed E-state index contributed by atoms with van der Waals surface area (Å²) in [4.78, 5) is 48.8. The first kappa shape index (κ1) is 26.6. The number of nitrogens with zero attached hydrogens (tertiary/aromatic N) is 1. The molecule has 0 bridgehead atoms. The predicted octanol–water partition coefficient (Wildman–Crippen LogP) is 4.32. The molecule has 2 aromatic carbocycles. The number of hydrogen-bond donors (Lipinski definition) is 2. The number of para-hydroxylation sites is 1. The van der Waals surface area contributed by atoms with Gasteiger partial charge in [-0.25, -0.2) is 13.8 Å². The quantitative estimate of drug-likeness (QED) is 0.437.